The van der Waals surface area contributed by atoms with Crippen LogP contribution in [0.15, 0.2) is 123 Å². The van der Waals surface area contributed by atoms with Crippen molar-refractivity contribution in [1.29, 1.82) is 0 Å². The fraction of sp³-hybridized carbons (Fsp3) is 0.451. The van der Waals surface area contributed by atoms with Gasteiger partial charge in [0.15, 0.2) is 17.3 Å². The minimum Gasteiger partial charge on any atom is -0.486 e. The van der Waals surface area contributed by atoms with Crippen LogP contribution in [0.25, 0.3) is 11.0 Å². The summed E-state index contributed by atoms with van der Waals surface area (Å²) in [6, 6.07) is 28.6. The minimum atomic E-state index is -0.465. The fourth-order valence-electron chi connectivity index (χ4n) is 4.42. The van der Waals surface area contributed by atoms with Crippen molar-refractivity contribution in [3.05, 3.63) is 131 Å². The number of hydrogen-bond acceptors (Lipinski definition) is 9. The van der Waals surface area contributed by atoms with Gasteiger partial charge in [0, 0.05) is 16.3 Å². The van der Waals surface area contributed by atoms with Crippen molar-refractivity contribution in [3.8, 4) is 11.5 Å². The Morgan fingerprint density at radius 1 is 0.607 bits per heavy atom. The summed E-state index contributed by atoms with van der Waals surface area (Å²) < 4.78 is 20.3. The standard InChI is InChI=1S/C12H13NO2.C8H8O2.C8H6O.C6H10N2O.C5H12.C4H4S.2C4H10/c1-12(2,3)13-10(14)8-6-4-5-7-9(8)11(13)15;1-2-4-8-7(3-1)9-5-6-10-8;1-2-4-8-7(3-1)5-6-9-8;1-6(2,3)5-7-4-9-8-5;1-5(2,3)4;1-2-4-5-3-1;2*1-4(2)3/h4-7H,1-3H3;1-4H,5-6H2;1-6H;4H,1-3H3;1-4H3;1-4H;2*4H,1-3H3. The van der Waals surface area contributed by atoms with E-state index in [1.807, 2.05) is 119 Å². The van der Waals surface area contributed by atoms with E-state index in [4.69, 9.17) is 13.9 Å². The van der Waals surface area contributed by atoms with E-state index in [0.29, 0.717) is 29.8 Å². The summed E-state index contributed by atoms with van der Waals surface area (Å²) in [5.41, 5.74) is 2.02. The number of carbonyl (C=O) groups excluding carboxylic acids is 2. The third-order valence-electron chi connectivity index (χ3n) is 6.73. The molecule has 0 radical (unpaired) electrons. The molecule has 0 fully saturated rings. The first-order valence-electron chi connectivity index (χ1n) is 20.9. The number of ether oxygens (including phenoxy) is 2. The molecule has 5 heterocycles. The molecule has 0 spiro atoms. The number of amides is 2. The van der Waals surface area contributed by atoms with Gasteiger partial charge in [-0.1, -0.05) is 150 Å². The molecular formula is C51H73N3O6S. The van der Waals surface area contributed by atoms with E-state index in [2.05, 4.69) is 83.9 Å². The number of carbonyl (C=O) groups is 2. The molecule has 0 saturated heterocycles. The second-order valence-electron chi connectivity index (χ2n) is 19.0. The maximum absolute atomic E-state index is 12.0. The van der Waals surface area contributed by atoms with Crippen LogP contribution in [-0.4, -0.2) is 45.6 Å². The lowest BCUT2D eigenvalue weighted by molar-refractivity contribution is 0.0507. The zero-order valence-electron chi connectivity index (χ0n) is 39.7. The molecule has 0 saturated carbocycles. The molecule has 10 heteroatoms. The molecule has 0 unspecified atom stereocenters. The number of rotatable bonds is 0. The van der Waals surface area contributed by atoms with Crippen molar-refractivity contribution in [2.75, 3.05) is 13.2 Å². The van der Waals surface area contributed by atoms with E-state index in [1.165, 1.54) is 11.3 Å². The molecule has 6 aromatic rings. The van der Waals surface area contributed by atoms with Gasteiger partial charge in [0.2, 0.25) is 6.39 Å². The predicted molar refractivity (Wildman–Crippen MR) is 254 cm³/mol. The highest BCUT2D eigenvalue weighted by molar-refractivity contribution is 7.07. The van der Waals surface area contributed by atoms with Gasteiger partial charge in [-0.25, -0.2) is 0 Å². The van der Waals surface area contributed by atoms with Gasteiger partial charge in [0.05, 0.1) is 17.4 Å². The normalized spacial score (nSPS) is 12.4. The molecule has 334 valence electrons. The molecule has 9 nitrogen and oxygen atoms in total. The van der Waals surface area contributed by atoms with Crippen LogP contribution in [0.3, 0.4) is 0 Å². The van der Waals surface area contributed by atoms with Crippen LogP contribution in [0.5, 0.6) is 11.5 Å². The van der Waals surface area contributed by atoms with Gasteiger partial charge in [-0.05, 0) is 85.2 Å². The van der Waals surface area contributed by atoms with Crippen LogP contribution >= 0.6 is 11.3 Å². The Morgan fingerprint density at radius 3 is 1.38 bits per heavy atom. The number of benzene rings is 3. The molecule has 2 amide bonds. The number of aromatic nitrogens is 2. The number of fused-ring (bicyclic) bond motifs is 3. The SMILES string of the molecule is CC(C)(C)C.CC(C)(C)N1C(=O)c2ccccc2C1=O.CC(C)(C)c1ncon1.CC(C)C.CC(C)C.c1ccc2c(c1)OCCO2.c1ccc2occc2c1.c1ccsc1. The van der Waals surface area contributed by atoms with E-state index in [1.54, 1.807) is 41.9 Å². The van der Waals surface area contributed by atoms with E-state index in [9.17, 15) is 9.59 Å². The van der Waals surface area contributed by atoms with Crippen LogP contribution in [0.1, 0.15) is 137 Å². The summed E-state index contributed by atoms with van der Waals surface area (Å²) in [6.45, 7) is 34.8. The number of nitrogens with zero attached hydrogens (tertiary/aromatic N) is 3. The van der Waals surface area contributed by atoms with E-state index in [0.717, 1.165) is 40.1 Å². The summed E-state index contributed by atoms with van der Waals surface area (Å²) in [5, 5.41) is 8.95. The molecule has 0 N–H and O–H groups in total. The molecule has 0 bridgehead atoms. The Morgan fingerprint density at radius 2 is 1.03 bits per heavy atom. The molecule has 0 aliphatic carbocycles. The molecule has 61 heavy (non-hydrogen) atoms. The van der Waals surface area contributed by atoms with Crippen LogP contribution < -0.4 is 9.47 Å². The van der Waals surface area contributed by atoms with Gasteiger partial charge in [-0.15, -0.1) is 0 Å². The Labute approximate surface area is 370 Å². The summed E-state index contributed by atoms with van der Waals surface area (Å²) in [7, 11) is 0. The summed E-state index contributed by atoms with van der Waals surface area (Å²) >= 11 is 1.71. The molecule has 2 aliphatic rings. The summed E-state index contributed by atoms with van der Waals surface area (Å²) in [6.07, 6.45) is 3.05. The van der Waals surface area contributed by atoms with Crippen molar-refractivity contribution in [2.24, 2.45) is 17.3 Å². The molecule has 3 aromatic carbocycles. The average molecular weight is 856 g/mol. The predicted octanol–water partition coefficient (Wildman–Crippen LogP) is 14.5. The van der Waals surface area contributed by atoms with Crippen LogP contribution in [0, 0.1) is 17.3 Å². The van der Waals surface area contributed by atoms with Crippen molar-refractivity contribution in [3.63, 3.8) is 0 Å². The van der Waals surface area contributed by atoms with E-state index >= 15 is 0 Å². The third kappa shape index (κ3) is 23.4. The Bertz CT molecular complexity index is 1920. The minimum absolute atomic E-state index is 0.00694. The fourth-order valence-corrected chi connectivity index (χ4v) is 4.88. The number of thiophene rings is 1. The highest BCUT2D eigenvalue weighted by atomic mass is 32.1. The van der Waals surface area contributed by atoms with E-state index < -0.39 is 5.54 Å². The number of para-hydroxylation sites is 3. The number of furan rings is 1. The first-order chi connectivity index (χ1) is 28.4. The average Bonchev–Trinajstić information content (AvgIpc) is 4.01. The monoisotopic (exact) mass is 856 g/mol. The van der Waals surface area contributed by atoms with Gasteiger partial charge >= 0.3 is 0 Å². The van der Waals surface area contributed by atoms with Crippen LogP contribution in [-0.2, 0) is 5.41 Å². The maximum atomic E-state index is 12.0. The Hall–Kier alpha value is -5.22. The first kappa shape index (κ1) is 53.8. The lowest BCUT2D eigenvalue weighted by atomic mass is 9.96. The molecular weight excluding hydrogens is 783 g/mol. The Balaban J connectivity index is 0.000000364. The largest absolute Gasteiger partial charge is 0.486 e. The topological polar surface area (TPSA) is 108 Å². The van der Waals surface area contributed by atoms with Crippen LogP contribution in [0.4, 0.5) is 0 Å². The highest BCUT2D eigenvalue weighted by Crippen LogP contribution is 2.29. The molecule has 0 atom stereocenters. The smallest absolute Gasteiger partial charge is 0.262 e. The van der Waals surface area contributed by atoms with E-state index in [-0.39, 0.29) is 17.2 Å². The molecule has 8 rings (SSSR count). The van der Waals surface area contributed by atoms with Gasteiger partial charge in [-0.3, -0.25) is 14.5 Å². The van der Waals surface area contributed by atoms with Crippen molar-refractivity contribution in [1.82, 2.24) is 15.0 Å². The number of imide groups is 1. The zero-order chi connectivity index (χ0) is 46.2. The van der Waals surface area contributed by atoms with Crippen molar-refractivity contribution < 1.29 is 28.0 Å². The van der Waals surface area contributed by atoms with Crippen molar-refractivity contribution in [2.45, 2.75) is 122 Å². The van der Waals surface area contributed by atoms with Gasteiger partial charge in [0.25, 0.3) is 11.8 Å². The molecule has 2 aliphatic heterocycles. The first-order valence-corrected chi connectivity index (χ1v) is 21.9. The lowest BCUT2D eigenvalue weighted by Crippen LogP contribution is -2.45. The molecule has 3 aromatic heterocycles. The summed E-state index contributed by atoms with van der Waals surface area (Å²) in [5.74, 6) is 3.75. The van der Waals surface area contributed by atoms with Gasteiger partial charge < -0.3 is 18.4 Å². The highest BCUT2D eigenvalue weighted by Gasteiger charge is 2.41. The van der Waals surface area contributed by atoms with Crippen LogP contribution in [0.2, 0.25) is 0 Å². The van der Waals surface area contributed by atoms with Crippen molar-refractivity contribution >= 4 is 34.1 Å². The second-order valence-corrected chi connectivity index (χ2v) is 19.8. The lowest BCUT2D eigenvalue weighted by Gasteiger charge is -2.29. The Kier molecular flexibility index (Phi) is 23.7. The maximum Gasteiger partial charge on any atom is 0.262 e. The third-order valence-corrected chi connectivity index (χ3v) is 7.36. The zero-order valence-corrected chi connectivity index (χ0v) is 40.6. The summed E-state index contributed by atoms with van der Waals surface area (Å²) in [4.78, 5) is 29.1. The van der Waals surface area contributed by atoms with Gasteiger partial charge in [-0.2, -0.15) is 16.3 Å². The second kappa shape index (κ2) is 26.9. The number of hydrogen-bond donors (Lipinski definition) is 0. The quantitative estimate of drug-likeness (QED) is 0.139. The van der Waals surface area contributed by atoms with Gasteiger partial charge in [0.1, 0.15) is 18.8 Å².